The number of rotatable bonds is 12. The molecule has 0 aliphatic heterocycles. The summed E-state index contributed by atoms with van der Waals surface area (Å²) in [6, 6.07) is 23.2. The van der Waals surface area contributed by atoms with Crippen molar-refractivity contribution in [3.63, 3.8) is 0 Å². The molecule has 4 rings (SSSR count). The number of hydrogen-bond donors (Lipinski definition) is 3. The van der Waals surface area contributed by atoms with E-state index < -0.39 is 29.6 Å². The van der Waals surface area contributed by atoms with E-state index in [0.29, 0.717) is 17.7 Å². The van der Waals surface area contributed by atoms with Gasteiger partial charge in [0, 0.05) is 17.7 Å². The minimum atomic E-state index is -1.29. The fraction of sp³-hybridized carbons (Fsp3) is 0.200. The highest BCUT2D eigenvalue weighted by Gasteiger charge is 2.21. The zero-order chi connectivity index (χ0) is 32.8. The number of unbranched alkanes of at least 4 members (excludes halogenated alkanes) is 2. The number of hydrogen-bond acceptors (Lipinski definition) is 5. The largest absolute Gasteiger partial charge is 0.478 e. The molecule has 0 heterocycles. The van der Waals surface area contributed by atoms with E-state index in [1.165, 1.54) is 54.1 Å². The van der Waals surface area contributed by atoms with Crippen molar-refractivity contribution < 1.29 is 42.9 Å². The summed E-state index contributed by atoms with van der Waals surface area (Å²) in [5, 5.41) is 21.0. The Labute approximate surface area is 259 Å². The van der Waals surface area contributed by atoms with Crippen LogP contribution in [-0.4, -0.2) is 40.6 Å². The summed E-state index contributed by atoms with van der Waals surface area (Å²) in [4.78, 5) is 46.4. The molecule has 10 heteroatoms. The Bertz CT molecular complexity index is 1610. The maximum atomic E-state index is 12.9. The predicted octanol–water partition coefficient (Wildman–Crippen LogP) is 6.86. The molecule has 0 fully saturated rings. The van der Waals surface area contributed by atoms with E-state index in [4.69, 9.17) is 4.74 Å². The quantitative estimate of drug-likeness (QED) is 0.117. The lowest BCUT2D eigenvalue weighted by Crippen LogP contribution is -2.26. The molecule has 0 bridgehead atoms. The molecule has 0 aliphatic rings. The summed E-state index contributed by atoms with van der Waals surface area (Å²) < 4.78 is 30.8. The smallest absolute Gasteiger partial charge is 0.338 e. The van der Waals surface area contributed by atoms with Crippen molar-refractivity contribution in [2.24, 2.45) is 0 Å². The first-order chi connectivity index (χ1) is 21.6. The molecule has 0 spiro atoms. The van der Waals surface area contributed by atoms with Gasteiger partial charge in [-0.2, -0.15) is 0 Å². The van der Waals surface area contributed by atoms with E-state index in [2.05, 4.69) is 17.4 Å². The lowest BCUT2D eigenvalue weighted by Gasteiger charge is -2.13. The Hall–Kier alpha value is -5.38. The molecule has 234 valence electrons. The van der Waals surface area contributed by atoms with Crippen LogP contribution < -0.4 is 5.32 Å². The molecule has 1 amide bonds. The van der Waals surface area contributed by atoms with E-state index in [1.807, 2.05) is 18.2 Å². The van der Waals surface area contributed by atoms with Crippen LogP contribution in [0.4, 0.5) is 8.78 Å². The number of carbonyl (C=O) groups is 4. The number of carboxylic acids is 2. The number of nitrogens with one attached hydrogen (secondary N) is 1. The maximum Gasteiger partial charge on any atom is 0.338 e. The highest BCUT2D eigenvalue weighted by atomic mass is 19.1. The molecule has 0 unspecified atom stereocenters. The molecule has 8 nitrogen and oxygen atoms in total. The molecule has 0 saturated heterocycles. The third-order valence-electron chi connectivity index (χ3n) is 6.76. The summed E-state index contributed by atoms with van der Waals surface area (Å²) in [5.41, 5.74) is 1.94. The van der Waals surface area contributed by atoms with Crippen molar-refractivity contribution >= 4 is 23.8 Å². The van der Waals surface area contributed by atoms with E-state index in [0.717, 1.165) is 37.8 Å². The van der Waals surface area contributed by atoms with Crippen molar-refractivity contribution in [2.75, 3.05) is 6.61 Å². The van der Waals surface area contributed by atoms with Gasteiger partial charge in [0.2, 0.25) is 0 Å². The lowest BCUT2D eigenvalue weighted by atomic mass is 9.96. The Balaban J connectivity index is 0.000000248. The van der Waals surface area contributed by atoms with Crippen LogP contribution in [-0.2, 0) is 17.7 Å². The fourth-order valence-electron chi connectivity index (χ4n) is 4.41. The van der Waals surface area contributed by atoms with Gasteiger partial charge in [0.15, 0.2) is 0 Å². The molecule has 0 radical (unpaired) electrons. The first kappa shape index (κ1) is 34.1. The highest BCUT2D eigenvalue weighted by molar-refractivity contribution is 5.98. The van der Waals surface area contributed by atoms with Gasteiger partial charge in [-0.1, -0.05) is 36.4 Å². The maximum absolute atomic E-state index is 12.9. The number of carboxylic acid groups (broad SMARTS) is 2. The summed E-state index contributed by atoms with van der Waals surface area (Å²) in [6.45, 7) is 1.67. The summed E-state index contributed by atoms with van der Waals surface area (Å²) in [6.07, 6.45) is 4.00. The third kappa shape index (κ3) is 10.7. The monoisotopic (exact) mass is 617 g/mol. The highest BCUT2D eigenvalue weighted by Crippen LogP contribution is 2.20. The zero-order valence-electron chi connectivity index (χ0n) is 24.6. The number of esters is 1. The van der Waals surface area contributed by atoms with Crippen molar-refractivity contribution in [1.29, 1.82) is 0 Å². The molecule has 4 aromatic carbocycles. The van der Waals surface area contributed by atoms with Crippen LogP contribution in [0.3, 0.4) is 0 Å². The van der Waals surface area contributed by atoms with E-state index >= 15 is 0 Å². The molecule has 0 aliphatic carbocycles. The van der Waals surface area contributed by atoms with Crippen LogP contribution in [0.5, 0.6) is 0 Å². The minimum Gasteiger partial charge on any atom is -0.478 e. The van der Waals surface area contributed by atoms with Gasteiger partial charge in [0.1, 0.15) is 11.6 Å². The Morgan fingerprint density at radius 3 is 1.89 bits per heavy atom. The van der Waals surface area contributed by atoms with Gasteiger partial charge in [-0.15, -0.1) is 0 Å². The van der Waals surface area contributed by atoms with Gasteiger partial charge in [-0.3, -0.25) is 4.79 Å². The Morgan fingerprint density at radius 2 is 1.31 bits per heavy atom. The SMILES string of the molecule is Cc1ccc(C(=O)O)c(CNC(=O)c2ccc(F)cc2)c1C(=O)O.O=C(OCCCCCc1ccccc1)c1ccc(F)cc1. The summed E-state index contributed by atoms with van der Waals surface area (Å²) >= 11 is 0. The molecule has 4 aromatic rings. The molecule has 3 N–H and O–H groups in total. The summed E-state index contributed by atoms with van der Waals surface area (Å²) in [5.74, 6) is -4.37. The molecule has 0 aromatic heterocycles. The lowest BCUT2D eigenvalue weighted by molar-refractivity contribution is 0.0496. The number of benzene rings is 4. The molecule has 45 heavy (non-hydrogen) atoms. The van der Waals surface area contributed by atoms with Gasteiger partial charge in [-0.25, -0.2) is 23.2 Å². The average molecular weight is 618 g/mol. The normalized spacial score (nSPS) is 10.3. The van der Waals surface area contributed by atoms with Crippen LogP contribution >= 0.6 is 0 Å². The number of aryl methyl sites for hydroxylation is 2. The van der Waals surface area contributed by atoms with Gasteiger partial charge < -0.3 is 20.3 Å². The van der Waals surface area contributed by atoms with Gasteiger partial charge in [-0.05, 0) is 98.3 Å². The van der Waals surface area contributed by atoms with E-state index in [-0.39, 0.29) is 34.6 Å². The summed E-state index contributed by atoms with van der Waals surface area (Å²) in [7, 11) is 0. The van der Waals surface area contributed by atoms with Crippen LogP contribution in [0.1, 0.15) is 77.4 Å². The third-order valence-corrected chi connectivity index (χ3v) is 6.76. The molecular weight excluding hydrogens is 584 g/mol. The van der Waals surface area contributed by atoms with Gasteiger partial charge in [0.25, 0.3) is 5.91 Å². The zero-order valence-corrected chi connectivity index (χ0v) is 24.6. The number of halogens is 2. The molecule has 0 saturated carbocycles. The van der Waals surface area contributed by atoms with Crippen molar-refractivity contribution in [1.82, 2.24) is 5.32 Å². The first-order valence-electron chi connectivity index (χ1n) is 14.2. The second-order valence-electron chi connectivity index (χ2n) is 10.0. The molecule has 0 atom stereocenters. The predicted molar refractivity (Wildman–Crippen MR) is 163 cm³/mol. The Kier molecular flexibility index (Phi) is 12.9. The number of aromatic carboxylic acids is 2. The Morgan fingerprint density at radius 1 is 0.711 bits per heavy atom. The topological polar surface area (TPSA) is 130 Å². The van der Waals surface area contributed by atoms with Crippen LogP contribution in [0, 0.1) is 18.6 Å². The molecular formula is C35H33F2NO7. The van der Waals surface area contributed by atoms with E-state index in [1.54, 1.807) is 6.92 Å². The van der Waals surface area contributed by atoms with E-state index in [9.17, 15) is 38.2 Å². The number of carbonyl (C=O) groups excluding carboxylic acids is 2. The standard InChI is InChI=1S/C18H19FO2.C17H14FNO5/c19-17-12-10-16(11-13-17)18(20)21-14-6-2-5-9-15-7-3-1-4-8-15;1-9-2-7-12(16(21)22)13(14(9)17(23)24)8-19-15(20)10-3-5-11(18)6-4-10/h1,3-4,7-8,10-13H,2,5-6,9,14H2;2-7H,8H2,1H3,(H,19,20)(H,21,22)(H,23,24). The van der Waals surface area contributed by atoms with Crippen LogP contribution in [0.25, 0.3) is 0 Å². The second kappa shape index (κ2) is 17.0. The minimum absolute atomic E-state index is 0.00506. The average Bonchev–Trinajstić information content (AvgIpc) is 3.02. The fourth-order valence-corrected chi connectivity index (χ4v) is 4.41. The van der Waals surface area contributed by atoms with Crippen molar-refractivity contribution in [3.8, 4) is 0 Å². The van der Waals surface area contributed by atoms with Crippen LogP contribution in [0.15, 0.2) is 91.0 Å². The van der Waals surface area contributed by atoms with Crippen molar-refractivity contribution in [3.05, 3.63) is 142 Å². The first-order valence-corrected chi connectivity index (χ1v) is 14.2. The van der Waals surface area contributed by atoms with Gasteiger partial charge in [0.05, 0.1) is 23.3 Å². The second-order valence-corrected chi connectivity index (χ2v) is 10.0. The number of ether oxygens (including phenoxy) is 1. The van der Waals surface area contributed by atoms with Gasteiger partial charge >= 0.3 is 17.9 Å². The van der Waals surface area contributed by atoms with Crippen molar-refractivity contribution in [2.45, 2.75) is 39.2 Å². The number of amides is 1. The van der Waals surface area contributed by atoms with Crippen LogP contribution in [0.2, 0.25) is 0 Å².